The van der Waals surface area contributed by atoms with E-state index in [1.807, 2.05) is 0 Å². The summed E-state index contributed by atoms with van der Waals surface area (Å²) in [7, 11) is 0. The fourth-order valence-electron chi connectivity index (χ4n) is 2.32. The lowest BCUT2D eigenvalue weighted by Crippen LogP contribution is -2.47. The highest BCUT2D eigenvalue weighted by molar-refractivity contribution is 6.30. The number of carbonyl (C=O) groups is 2. The van der Waals surface area contributed by atoms with Gasteiger partial charge in [-0.05, 0) is 29.3 Å². The van der Waals surface area contributed by atoms with Crippen molar-refractivity contribution in [3.8, 4) is 0 Å². The van der Waals surface area contributed by atoms with Crippen LogP contribution in [0.4, 0.5) is 0 Å². The zero-order valence-corrected chi connectivity index (χ0v) is 12.6. The van der Waals surface area contributed by atoms with E-state index in [1.54, 1.807) is 0 Å². The van der Waals surface area contributed by atoms with Gasteiger partial charge in [-0.3, -0.25) is 24.6 Å². The third-order valence-corrected chi connectivity index (χ3v) is 3.99. The van der Waals surface area contributed by atoms with E-state index < -0.39 is 27.8 Å². The van der Waals surface area contributed by atoms with Crippen molar-refractivity contribution in [3.05, 3.63) is 45.0 Å². The van der Waals surface area contributed by atoms with Crippen molar-refractivity contribution < 1.29 is 14.5 Å². The standard InChI is InChI=1S/C13H12Cl2N2O4/c1-13(15,17(20)21)12(8-2-4-9(14)5-3-8)16-10(18)6-7-11(16)19/h2-5,12H,6-7H2,1H3/t12-,13+/m1/s1. The summed E-state index contributed by atoms with van der Waals surface area (Å²) in [6, 6.07) is 4.92. The lowest BCUT2D eigenvalue weighted by Gasteiger charge is -2.31. The second-order valence-corrected chi connectivity index (χ2v) is 6.09. The van der Waals surface area contributed by atoms with E-state index in [4.69, 9.17) is 23.2 Å². The van der Waals surface area contributed by atoms with Gasteiger partial charge in [-0.15, -0.1) is 0 Å². The van der Waals surface area contributed by atoms with Crippen LogP contribution in [-0.4, -0.2) is 26.6 Å². The first-order valence-corrected chi connectivity index (χ1v) is 6.94. The van der Waals surface area contributed by atoms with E-state index in [-0.39, 0.29) is 12.8 Å². The van der Waals surface area contributed by atoms with Crippen LogP contribution in [0, 0.1) is 10.1 Å². The number of nitro groups is 1. The summed E-state index contributed by atoms with van der Waals surface area (Å²) >= 11 is 11.8. The number of hydrogen-bond acceptors (Lipinski definition) is 4. The largest absolute Gasteiger partial charge is 0.316 e. The van der Waals surface area contributed by atoms with Crippen molar-refractivity contribution in [2.75, 3.05) is 0 Å². The molecule has 0 bridgehead atoms. The lowest BCUT2D eigenvalue weighted by molar-refractivity contribution is -0.545. The maximum Gasteiger partial charge on any atom is 0.316 e. The summed E-state index contributed by atoms with van der Waals surface area (Å²) in [6.07, 6.45) is 0.0706. The molecule has 1 fully saturated rings. The number of nitrogens with zero attached hydrogens (tertiary/aromatic N) is 2. The summed E-state index contributed by atoms with van der Waals surface area (Å²) in [5.74, 6) is -0.928. The maximum absolute atomic E-state index is 11.9. The van der Waals surface area contributed by atoms with E-state index >= 15 is 0 Å². The third kappa shape index (κ3) is 2.87. The molecule has 6 nitrogen and oxygen atoms in total. The summed E-state index contributed by atoms with van der Waals surface area (Å²) in [5, 5.41) is 11.7. The Hall–Kier alpha value is -1.66. The number of rotatable bonds is 4. The first-order chi connectivity index (χ1) is 9.75. The number of carbonyl (C=O) groups excluding carboxylic acids is 2. The number of amides is 2. The van der Waals surface area contributed by atoms with Crippen LogP contribution in [0.25, 0.3) is 0 Å². The quantitative estimate of drug-likeness (QED) is 0.279. The summed E-state index contributed by atoms with van der Waals surface area (Å²) in [4.78, 5) is 33.3. The Bertz CT molecular complexity index is 585. The Labute approximate surface area is 130 Å². The van der Waals surface area contributed by atoms with Crippen molar-refractivity contribution in [3.63, 3.8) is 0 Å². The number of alkyl halides is 1. The number of hydrogen-bond donors (Lipinski definition) is 0. The average molecular weight is 331 g/mol. The minimum Gasteiger partial charge on any atom is -0.274 e. The van der Waals surface area contributed by atoms with E-state index in [2.05, 4.69) is 0 Å². The number of likely N-dealkylation sites (tertiary alicyclic amines) is 1. The molecular formula is C13H12Cl2N2O4. The molecule has 1 aromatic carbocycles. The normalized spacial score (nSPS) is 19.5. The Morgan fingerprint density at radius 2 is 1.71 bits per heavy atom. The van der Waals surface area contributed by atoms with Crippen molar-refractivity contribution >= 4 is 35.0 Å². The zero-order chi connectivity index (χ0) is 15.8. The van der Waals surface area contributed by atoms with Crippen molar-refractivity contribution in [2.24, 2.45) is 0 Å². The molecule has 2 atom stereocenters. The Kier molecular flexibility index (Phi) is 4.20. The van der Waals surface area contributed by atoms with Gasteiger partial charge in [0.05, 0.1) is 0 Å². The van der Waals surface area contributed by atoms with Crippen LogP contribution in [-0.2, 0) is 9.59 Å². The second kappa shape index (κ2) is 5.61. The molecule has 8 heteroatoms. The number of benzene rings is 1. The Morgan fingerprint density at radius 1 is 1.24 bits per heavy atom. The molecular weight excluding hydrogens is 319 g/mol. The molecule has 1 heterocycles. The van der Waals surface area contributed by atoms with Gasteiger partial charge in [-0.25, -0.2) is 0 Å². The monoisotopic (exact) mass is 330 g/mol. The number of imide groups is 1. The van der Waals surface area contributed by atoms with Crippen LogP contribution < -0.4 is 0 Å². The highest BCUT2D eigenvalue weighted by Crippen LogP contribution is 2.40. The highest BCUT2D eigenvalue weighted by Gasteiger charge is 2.53. The van der Waals surface area contributed by atoms with Crippen LogP contribution in [0.3, 0.4) is 0 Å². The SMILES string of the molecule is C[C@@](Cl)([C@@H](c1ccc(Cl)cc1)N1C(=O)CCC1=O)[N+](=O)[O-]. The van der Waals surface area contributed by atoms with E-state index in [0.717, 1.165) is 4.90 Å². The lowest BCUT2D eigenvalue weighted by atomic mass is 9.98. The predicted molar refractivity (Wildman–Crippen MR) is 76.5 cm³/mol. The summed E-state index contributed by atoms with van der Waals surface area (Å²) in [6.45, 7) is 1.17. The van der Waals surface area contributed by atoms with Crippen LogP contribution in [0.1, 0.15) is 31.4 Å². The molecule has 0 radical (unpaired) electrons. The topological polar surface area (TPSA) is 80.5 Å². The second-order valence-electron chi connectivity index (χ2n) is 4.89. The van der Waals surface area contributed by atoms with E-state index in [9.17, 15) is 19.7 Å². The molecule has 0 spiro atoms. The smallest absolute Gasteiger partial charge is 0.274 e. The fourth-order valence-corrected chi connectivity index (χ4v) is 2.67. The summed E-state index contributed by atoms with van der Waals surface area (Å²) < 4.78 is 0. The van der Waals surface area contributed by atoms with Gasteiger partial charge in [-0.1, -0.05) is 23.7 Å². The maximum atomic E-state index is 11.9. The fraction of sp³-hybridized carbons (Fsp3) is 0.385. The molecule has 1 aliphatic rings. The third-order valence-electron chi connectivity index (χ3n) is 3.39. The van der Waals surface area contributed by atoms with Crippen molar-refractivity contribution in [1.82, 2.24) is 4.90 Å². The highest BCUT2D eigenvalue weighted by atomic mass is 35.5. The minimum absolute atomic E-state index is 0.0353. The molecule has 1 aliphatic heterocycles. The van der Waals surface area contributed by atoms with Gasteiger partial charge in [0.1, 0.15) is 6.04 Å². The van der Waals surface area contributed by atoms with Gasteiger partial charge >= 0.3 is 5.00 Å². The first-order valence-electron chi connectivity index (χ1n) is 6.19. The molecule has 21 heavy (non-hydrogen) atoms. The van der Waals surface area contributed by atoms with Gasteiger partial charge in [-0.2, -0.15) is 0 Å². The average Bonchev–Trinajstić information content (AvgIpc) is 2.73. The van der Waals surface area contributed by atoms with Gasteiger partial charge in [0.25, 0.3) is 0 Å². The molecule has 0 aromatic heterocycles. The molecule has 0 N–H and O–H groups in total. The molecule has 2 rings (SSSR count). The van der Waals surface area contributed by atoms with Gasteiger partial charge in [0.2, 0.25) is 11.8 Å². The van der Waals surface area contributed by atoms with Crippen LogP contribution in [0.2, 0.25) is 5.02 Å². The van der Waals surface area contributed by atoms with Gasteiger partial charge in [0.15, 0.2) is 0 Å². The van der Waals surface area contributed by atoms with Crippen LogP contribution in [0.15, 0.2) is 24.3 Å². The van der Waals surface area contributed by atoms with E-state index in [1.165, 1.54) is 31.2 Å². The Balaban J connectivity index is 2.54. The summed E-state index contributed by atoms with van der Waals surface area (Å²) in [5.41, 5.74) is 0.386. The molecule has 0 saturated carbocycles. The first kappa shape index (κ1) is 15.7. The van der Waals surface area contributed by atoms with Gasteiger partial charge in [0, 0.05) is 29.7 Å². The molecule has 1 saturated heterocycles. The predicted octanol–water partition coefficient (Wildman–Crippen LogP) is 2.76. The minimum atomic E-state index is -2.02. The molecule has 0 aliphatic carbocycles. The van der Waals surface area contributed by atoms with Gasteiger partial charge < -0.3 is 0 Å². The van der Waals surface area contributed by atoms with Crippen molar-refractivity contribution in [2.45, 2.75) is 30.8 Å². The van der Waals surface area contributed by atoms with Crippen LogP contribution in [0.5, 0.6) is 0 Å². The van der Waals surface area contributed by atoms with Crippen LogP contribution >= 0.6 is 23.2 Å². The molecule has 1 aromatic rings. The van der Waals surface area contributed by atoms with Crippen molar-refractivity contribution in [1.29, 1.82) is 0 Å². The molecule has 0 unspecified atom stereocenters. The molecule has 112 valence electrons. The Morgan fingerprint density at radius 3 is 2.14 bits per heavy atom. The molecule has 2 amide bonds. The zero-order valence-electron chi connectivity index (χ0n) is 11.1. The number of halogens is 2. The van der Waals surface area contributed by atoms with E-state index in [0.29, 0.717) is 10.6 Å².